The summed E-state index contributed by atoms with van der Waals surface area (Å²) in [5.41, 5.74) is 4.10. The van der Waals surface area contributed by atoms with Gasteiger partial charge in [0.1, 0.15) is 5.60 Å². The summed E-state index contributed by atoms with van der Waals surface area (Å²) in [6.45, 7) is 12.5. The largest absolute Gasteiger partial charge is 0.444 e. The van der Waals surface area contributed by atoms with E-state index < -0.39 is 5.60 Å². The van der Waals surface area contributed by atoms with Gasteiger partial charge >= 0.3 is 6.09 Å². The number of hydrogen-bond acceptors (Lipinski definition) is 5. The van der Waals surface area contributed by atoms with Gasteiger partial charge in [-0.2, -0.15) is 0 Å². The Bertz CT molecular complexity index is 1180. The van der Waals surface area contributed by atoms with Crippen molar-refractivity contribution in [2.75, 3.05) is 13.1 Å². The molecule has 2 unspecified atom stereocenters. The number of imidazole rings is 1. The molecule has 0 saturated carbocycles. The lowest BCUT2D eigenvalue weighted by Crippen LogP contribution is -2.64. The highest BCUT2D eigenvalue weighted by Crippen LogP contribution is 2.33. The van der Waals surface area contributed by atoms with Crippen molar-refractivity contribution in [2.45, 2.75) is 77.6 Å². The van der Waals surface area contributed by atoms with Crippen molar-refractivity contribution in [3.8, 4) is 11.3 Å². The van der Waals surface area contributed by atoms with E-state index in [0.717, 1.165) is 48.7 Å². The zero-order valence-electron chi connectivity index (χ0n) is 20.9. The minimum Gasteiger partial charge on any atom is -0.444 e. The predicted octanol–water partition coefficient (Wildman–Crippen LogP) is 5.10. The van der Waals surface area contributed by atoms with Gasteiger partial charge < -0.3 is 9.64 Å². The topological polar surface area (TPSA) is 63.0 Å². The van der Waals surface area contributed by atoms with Crippen LogP contribution in [0.3, 0.4) is 0 Å². The van der Waals surface area contributed by atoms with Crippen molar-refractivity contribution < 1.29 is 9.53 Å². The second-order valence-electron chi connectivity index (χ2n) is 10.9. The number of fused-ring (bicyclic) bond motifs is 4. The molecule has 3 aliphatic rings. The SMILES string of the molecule is CC(C)c1ccc(-c2nc3ncccn3c2CN2CC3CCC2CN3C(=O)OC(C)(C)C)cc1. The molecule has 2 bridgehead atoms. The Morgan fingerprint density at radius 1 is 1.12 bits per heavy atom. The van der Waals surface area contributed by atoms with Crippen LogP contribution in [0.4, 0.5) is 4.79 Å². The van der Waals surface area contributed by atoms with Crippen LogP contribution in [-0.4, -0.2) is 61.0 Å². The summed E-state index contributed by atoms with van der Waals surface area (Å²) in [6, 6.07) is 11.2. The van der Waals surface area contributed by atoms with Gasteiger partial charge in [0.15, 0.2) is 0 Å². The molecule has 0 spiro atoms. The van der Waals surface area contributed by atoms with Crippen molar-refractivity contribution in [2.24, 2.45) is 0 Å². The first-order valence-corrected chi connectivity index (χ1v) is 12.4. The number of nitrogens with zero attached hydrogens (tertiary/aromatic N) is 5. The van der Waals surface area contributed by atoms with Crippen molar-refractivity contribution in [3.63, 3.8) is 0 Å². The predicted molar refractivity (Wildman–Crippen MR) is 133 cm³/mol. The molecule has 2 atom stereocenters. The number of piperidine rings is 2. The Morgan fingerprint density at radius 3 is 2.50 bits per heavy atom. The van der Waals surface area contributed by atoms with Crippen LogP contribution in [0, 0.1) is 0 Å². The maximum atomic E-state index is 12.8. The molecule has 6 rings (SSSR count). The molecule has 0 radical (unpaired) electrons. The van der Waals surface area contributed by atoms with E-state index in [4.69, 9.17) is 9.72 Å². The Balaban J connectivity index is 1.41. The summed E-state index contributed by atoms with van der Waals surface area (Å²) in [4.78, 5) is 26.6. The summed E-state index contributed by atoms with van der Waals surface area (Å²) >= 11 is 0. The Morgan fingerprint density at radius 2 is 1.85 bits per heavy atom. The zero-order chi connectivity index (χ0) is 24.0. The summed E-state index contributed by atoms with van der Waals surface area (Å²) in [5.74, 6) is 1.21. The first-order valence-electron chi connectivity index (χ1n) is 12.4. The molecule has 0 aliphatic carbocycles. The van der Waals surface area contributed by atoms with E-state index in [9.17, 15) is 4.79 Å². The molecule has 34 heavy (non-hydrogen) atoms. The molecule has 3 aliphatic heterocycles. The van der Waals surface area contributed by atoms with E-state index in [0.29, 0.717) is 18.5 Å². The van der Waals surface area contributed by atoms with Gasteiger partial charge in [0.25, 0.3) is 0 Å². The van der Waals surface area contributed by atoms with Gasteiger partial charge in [-0.05, 0) is 51.2 Å². The van der Waals surface area contributed by atoms with E-state index >= 15 is 0 Å². The van der Waals surface area contributed by atoms with Gasteiger partial charge in [-0.25, -0.2) is 14.8 Å². The van der Waals surface area contributed by atoms with Crippen LogP contribution in [0.25, 0.3) is 17.0 Å². The Hall–Kier alpha value is -2.93. The number of ether oxygens (including phenoxy) is 1. The van der Waals surface area contributed by atoms with Crippen LogP contribution < -0.4 is 0 Å². The van der Waals surface area contributed by atoms with Crippen LogP contribution in [-0.2, 0) is 11.3 Å². The average molecular weight is 462 g/mol. The molecule has 3 fully saturated rings. The molecule has 180 valence electrons. The minimum atomic E-state index is -0.475. The number of rotatable bonds is 4. The number of piperazine rings is 1. The fourth-order valence-electron chi connectivity index (χ4n) is 5.19. The second kappa shape index (κ2) is 8.69. The lowest BCUT2D eigenvalue weighted by Gasteiger charge is -2.51. The van der Waals surface area contributed by atoms with Crippen molar-refractivity contribution in [3.05, 3.63) is 54.0 Å². The maximum absolute atomic E-state index is 12.8. The lowest BCUT2D eigenvalue weighted by molar-refractivity contribution is -0.0439. The first-order chi connectivity index (χ1) is 16.2. The number of carbonyl (C=O) groups excluding carboxylic acids is 1. The van der Waals surface area contributed by atoms with Gasteiger partial charge in [-0.15, -0.1) is 0 Å². The van der Waals surface area contributed by atoms with Gasteiger partial charge in [0.05, 0.1) is 11.4 Å². The number of amides is 1. The van der Waals surface area contributed by atoms with Crippen LogP contribution >= 0.6 is 0 Å². The van der Waals surface area contributed by atoms with Crippen LogP contribution in [0.5, 0.6) is 0 Å². The number of aromatic nitrogens is 3. The van der Waals surface area contributed by atoms with Gasteiger partial charge in [-0.3, -0.25) is 9.30 Å². The molecule has 3 aromatic rings. The molecule has 5 heterocycles. The number of carbonyl (C=O) groups is 1. The quantitative estimate of drug-likeness (QED) is 0.541. The molecule has 7 heteroatoms. The monoisotopic (exact) mass is 461 g/mol. The molecular weight excluding hydrogens is 426 g/mol. The number of hydrogen-bond donors (Lipinski definition) is 0. The third kappa shape index (κ3) is 4.41. The average Bonchev–Trinajstić information content (AvgIpc) is 3.17. The fourth-order valence-corrected chi connectivity index (χ4v) is 5.19. The molecule has 1 amide bonds. The third-order valence-corrected chi connectivity index (χ3v) is 6.98. The van der Waals surface area contributed by atoms with Crippen molar-refractivity contribution >= 4 is 11.9 Å². The van der Waals surface area contributed by atoms with Crippen molar-refractivity contribution in [1.82, 2.24) is 24.2 Å². The van der Waals surface area contributed by atoms with E-state index in [-0.39, 0.29) is 12.1 Å². The van der Waals surface area contributed by atoms with E-state index in [1.54, 1.807) is 6.20 Å². The molecule has 2 aromatic heterocycles. The normalized spacial score (nSPS) is 20.9. The van der Waals surface area contributed by atoms with Crippen molar-refractivity contribution in [1.29, 1.82) is 0 Å². The van der Waals surface area contributed by atoms with E-state index in [2.05, 4.69) is 52.4 Å². The molecule has 3 saturated heterocycles. The van der Waals surface area contributed by atoms with Crippen LogP contribution in [0.1, 0.15) is 64.6 Å². The standard InChI is InChI=1S/C27H35N5O2/c1-18(2)19-7-9-20(10-8-19)24-23(31-14-6-13-28-25(31)29-24)17-30-15-22-12-11-21(30)16-32(22)26(33)34-27(3,4)5/h6-10,13-14,18,21-22H,11-12,15-17H2,1-5H3. The zero-order valence-corrected chi connectivity index (χ0v) is 20.9. The highest BCUT2D eigenvalue weighted by atomic mass is 16.6. The number of benzene rings is 1. The molecule has 0 N–H and O–H groups in total. The smallest absolute Gasteiger partial charge is 0.410 e. The summed E-state index contributed by atoms with van der Waals surface area (Å²) in [5, 5.41) is 0. The van der Waals surface area contributed by atoms with Crippen LogP contribution in [0.2, 0.25) is 0 Å². The summed E-state index contributed by atoms with van der Waals surface area (Å²) in [7, 11) is 0. The maximum Gasteiger partial charge on any atom is 0.410 e. The van der Waals surface area contributed by atoms with Gasteiger partial charge in [0, 0.05) is 49.7 Å². The molecule has 7 nitrogen and oxygen atoms in total. The van der Waals surface area contributed by atoms with Gasteiger partial charge in [-0.1, -0.05) is 38.1 Å². The summed E-state index contributed by atoms with van der Waals surface area (Å²) < 4.78 is 7.79. The van der Waals surface area contributed by atoms with E-state index in [1.807, 2.05) is 37.9 Å². The van der Waals surface area contributed by atoms with Crippen LogP contribution in [0.15, 0.2) is 42.7 Å². The van der Waals surface area contributed by atoms with E-state index in [1.165, 1.54) is 5.56 Å². The molecular formula is C27H35N5O2. The summed E-state index contributed by atoms with van der Waals surface area (Å²) in [6.07, 6.45) is 5.77. The lowest BCUT2D eigenvalue weighted by atomic mass is 9.90. The second-order valence-corrected chi connectivity index (χ2v) is 10.9. The third-order valence-electron chi connectivity index (χ3n) is 6.98. The van der Waals surface area contributed by atoms with Gasteiger partial charge in [0.2, 0.25) is 5.78 Å². The Kier molecular flexibility index (Phi) is 5.84. The minimum absolute atomic E-state index is 0.186. The fraction of sp³-hybridized carbons (Fsp3) is 0.519. The highest BCUT2D eigenvalue weighted by molar-refractivity contribution is 5.69. The first kappa shape index (κ1) is 22.8. The molecule has 1 aromatic carbocycles. The highest BCUT2D eigenvalue weighted by Gasteiger charge is 2.42. The Labute approximate surface area is 201 Å².